The van der Waals surface area contributed by atoms with Crippen LogP contribution in [0.3, 0.4) is 0 Å². The average molecular weight is 300 g/mol. The predicted molar refractivity (Wildman–Crippen MR) is 76.7 cm³/mol. The Kier molecular flexibility index (Phi) is 5.47. The van der Waals surface area contributed by atoms with Crippen LogP contribution in [-0.2, 0) is 6.42 Å². The molecule has 0 fully saturated rings. The molecular formula is C14H22BrNO. The van der Waals surface area contributed by atoms with Crippen LogP contribution in [0.5, 0.6) is 5.75 Å². The fourth-order valence-corrected chi connectivity index (χ4v) is 2.64. The van der Waals surface area contributed by atoms with Crippen LogP contribution in [0.25, 0.3) is 0 Å². The third-order valence-electron chi connectivity index (χ3n) is 3.30. The third kappa shape index (κ3) is 4.00. The van der Waals surface area contributed by atoms with Crippen molar-refractivity contribution in [2.24, 2.45) is 5.41 Å². The molecule has 0 aromatic heterocycles. The number of rotatable bonds is 6. The van der Waals surface area contributed by atoms with Crippen LogP contribution in [0, 0.1) is 5.41 Å². The molecule has 96 valence electrons. The van der Waals surface area contributed by atoms with E-state index in [9.17, 15) is 0 Å². The Bertz CT molecular complexity index is 367. The summed E-state index contributed by atoms with van der Waals surface area (Å²) in [7, 11) is 3.70. The van der Waals surface area contributed by atoms with E-state index in [1.54, 1.807) is 7.11 Å². The van der Waals surface area contributed by atoms with Crippen molar-refractivity contribution in [3.05, 3.63) is 28.2 Å². The van der Waals surface area contributed by atoms with Crippen LogP contribution < -0.4 is 10.1 Å². The van der Waals surface area contributed by atoms with Crippen molar-refractivity contribution in [2.75, 3.05) is 20.7 Å². The maximum absolute atomic E-state index is 5.24. The van der Waals surface area contributed by atoms with Crippen molar-refractivity contribution in [1.29, 1.82) is 0 Å². The molecule has 0 radical (unpaired) electrons. The minimum Gasteiger partial charge on any atom is -0.496 e. The molecule has 0 saturated carbocycles. The van der Waals surface area contributed by atoms with Gasteiger partial charge in [-0.3, -0.25) is 0 Å². The fraction of sp³-hybridized carbons (Fsp3) is 0.571. The average Bonchev–Trinajstić information content (AvgIpc) is 2.29. The SMILES string of the molecule is CCC(C)(CNC)Cc1ccc(OC)c(Br)c1. The molecule has 0 aliphatic heterocycles. The molecule has 1 aromatic rings. The van der Waals surface area contributed by atoms with Crippen LogP contribution >= 0.6 is 15.9 Å². The minimum atomic E-state index is 0.308. The highest BCUT2D eigenvalue weighted by Crippen LogP contribution is 2.30. The van der Waals surface area contributed by atoms with E-state index >= 15 is 0 Å². The maximum atomic E-state index is 5.24. The van der Waals surface area contributed by atoms with Crippen molar-refractivity contribution < 1.29 is 4.74 Å². The third-order valence-corrected chi connectivity index (χ3v) is 3.92. The fourth-order valence-electron chi connectivity index (χ4n) is 2.05. The summed E-state index contributed by atoms with van der Waals surface area (Å²) in [6.07, 6.45) is 2.24. The molecule has 1 unspecified atom stereocenters. The maximum Gasteiger partial charge on any atom is 0.133 e. The van der Waals surface area contributed by atoms with E-state index in [4.69, 9.17) is 4.74 Å². The molecule has 0 amide bonds. The molecule has 1 aromatic carbocycles. The number of halogens is 1. The molecule has 1 atom stereocenters. The van der Waals surface area contributed by atoms with Gasteiger partial charge in [0.2, 0.25) is 0 Å². The number of hydrogen-bond donors (Lipinski definition) is 1. The van der Waals surface area contributed by atoms with E-state index in [1.165, 1.54) is 5.56 Å². The van der Waals surface area contributed by atoms with E-state index in [-0.39, 0.29) is 0 Å². The lowest BCUT2D eigenvalue weighted by atomic mass is 9.81. The molecule has 1 N–H and O–H groups in total. The smallest absolute Gasteiger partial charge is 0.133 e. The zero-order valence-electron chi connectivity index (χ0n) is 11.1. The largest absolute Gasteiger partial charge is 0.496 e. The van der Waals surface area contributed by atoms with Crippen LogP contribution in [-0.4, -0.2) is 20.7 Å². The topological polar surface area (TPSA) is 21.3 Å². The molecule has 0 aliphatic carbocycles. The van der Waals surface area contributed by atoms with Gasteiger partial charge in [0.1, 0.15) is 5.75 Å². The van der Waals surface area contributed by atoms with Crippen molar-refractivity contribution >= 4 is 15.9 Å². The summed E-state index contributed by atoms with van der Waals surface area (Å²) in [5.74, 6) is 0.889. The second kappa shape index (κ2) is 6.41. The summed E-state index contributed by atoms with van der Waals surface area (Å²) < 4.78 is 6.27. The Morgan fingerprint density at radius 3 is 2.59 bits per heavy atom. The first-order valence-corrected chi connectivity index (χ1v) is 6.81. The number of hydrogen-bond acceptors (Lipinski definition) is 2. The first-order valence-electron chi connectivity index (χ1n) is 6.01. The van der Waals surface area contributed by atoms with Crippen molar-refractivity contribution in [3.63, 3.8) is 0 Å². The van der Waals surface area contributed by atoms with Crippen LogP contribution in [0.15, 0.2) is 22.7 Å². The van der Waals surface area contributed by atoms with Gasteiger partial charge < -0.3 is 10.1 Å². The summed E-state index contributed by atoms with van der Waals surface area (Å²) in [6, 6.07) is 6.32. The van der Waals surface area contributed by atoms with Gasteiger partial charge in [-0.15, -0.1) is 0 Å². The Hall–Kier alpha value is -0.540. The molecule has 0 heterocycles. The van der Waals surface area contributed by atoms with Gasteiger partial charge in [0.15, 0.2) is 0 Å². The molecule has 17 heavy (non-hydrogen) atoms. The summed E-state index contributed by atoms with van der Waals surface area (Å²) in [5, 5.41) is 3.28. The highest BCUT2D eigenvalue weighted by molar-refractivity contribution is 9.10. The molecule has 3 heteroatoms. The molecular weight excluding hydrogens is 278 g/mol. The quantitative estimate of drug-likeness (QED) is 0.866. The van der Waals surface area contributed by atoms with E-state index in [1.807, 2.05) is 13.1 Å². The number of nitrogens with one attached hydrogen (secondary N) is 1. The van der Waals surface area contributed by atoms with E-state index in [2.05, 4.69) is 47.2 Å². The normalized spacial score (nSPS) is 14.4. The monoisotopic (exact) mass is 299 g/mol. The first kappa shape index (κ1) is 14.5. The van der Waals surface area contributed by atoms with Gasteiger partial charge in [-0.05, 0) is 58.9 Å². The number of ether oxygens (including phenoxy) is 1. The summed E-state index contributed by atoms with van der Waals surface area (Å²) in [5.41, 5.74) is 1.65. The second-order valence-corrected chi connectivity index (χ2v) is 5.69. The van der Waals surface area contributed by atoms with Gasteiger partial charge in [0.25, 0.3) is 0 Å². The van der Waals surface area contributed by atoms with Crippen LogP contribution in [0.2, 0.25) is 0 Å². The first-order chi connectivity index (χ1) is 8.04. The highest BCUT2D eigenvalue weighted by atomic mass is 79.9. The van der Waals surface area contributed by atoms with E-state index in [0.717, 1.165) is 29.6 Å². The highest BCUT2D eigenvalue weighted by Gasteiger charge is 2.21. The van der Waals surface area contributed by atoms with Gasteiger partial charge >= 0.3 is 0 Å². The molecule has 2 nitrogen and oxygen atoms in total. The Labute approximate surface area is 113 Å². The molecule has 0 saturated heterocycles. The standard InChI is InChI=1S/C14H22BrNO/c1-5-14(2,10-16-3)9-11-6-7-13(17-4)12(15)8-11/h6-8,16H,5,9-10H2,1-4H3. The summed E-state index contributed by atoms with van der Waals surface area (Å²) in [6.45, 7) is 5.60. The van der Waals surface area contributed by atoms with Gasteiger partial charge in [-0.25, -0.2) is 0 Å². The summed E-state index contributed by atoms with van der Waals surface area (Å²) >= 11 is 3.54. The van der Waals surface area contributed by atoms with Gasteiger partial charge in [0.05, 0.1) is 11.6 Å². The number of methoxy groups -OCH3 is 1. The molecule has 0 aliphatic rings. The van der Waals surface area contributed by atoms with Crippen molar-refractivity contribution in [2.45, 2.75) is 26.7 Å². The molecule has 0 bridgehead atoms. The van der Waals surface area contributed by atoms with E-state index in [0.29, 0.717) is 5.41 Å². The molecule has 1 rings (SSSR count). The lowest BCUT2D eigenvalue weighted by Gasteiger charge is -2.28. The van der Waals surface area contributed by atoms with Gasteiger partial charge in [-0.2, -0.15) is 0 Å². The van der Waals surface area contributed by atoms with Crippen LogP contribution in [0.4, 0.5) is 0 Å². The van der Waals surface area contributed by atoms with Crippen LogP contribution in [0.1, 0.15) is 25.8 Å². The Morgan fingerprint density at radius 1 is 1.41 bits per heavy atom. The second-order valence-electron chi connectivity index (χ2n) is 4.84. The minimum absolute atomic E-state index is 0.308. The van der Waals surface area contributed by atoms with Gasteiger partial charge in [-0.1, -0.05) is 19.9 Å². The van der Waals surface area contributed by atoms with Crippen molar-refractivity contribution in [1.82, 2.24) is 5.32 Å². The van der Waals surface area contributed by atoms with Gasteiger partial charge in [0, 0.05) is 6.54 Å². The zero-order chi connectivity index (χ0) is 12.9. The van der Waals surface area contributed by atoms with E-state index < -0.39 is 0 Å². The number of benzene rings is 1. The Balaban J connectivity index is 2.83. The summed E-state index contributed by atoms with van der Waals surface area (Å²) in [4.78, 5) is 0. The Morgan fingerprint density at radius 2 is 2.12 bits per heavy atom. The zero-order valence-corrected chi connectivity index (χ0v) is 12.7. The lowest BCUT2D eigenvalue weighted by molar-refractivity contribution is 0.299. The predicted octanol–water partition coefficient (Wildman–Crippen LogP) is 3.64. The van der Waals surface area contributed by atoms with Crippen molar-refractivity contribution in [3.8, 4) is 5.75 Å². The molecule has 0 spiro atoms. The lowest BCUT2D eigenvalue weighted by Crippen LogP contribution is -2.31.